The molecule has 0 aromatic carbocycles. The maximum absolute atomic E-state index is 11.0. The molecular weight excluding hydrogens is 226 g/mol. The summed E-state index contributed by atoms with van der Waals surface area (Å²) in [4.78, 5) is 24.6. The third kappa shape index (κ3) is 2.68. The van der Waals surface area contributed by atoms with Gasteiger partial charge in [-0.3, -0.25) is 10.1 Å². The third-order valence-corrected chi connectivity index (χ3v) is 2.57. The van der Waals surface area contributed by atoms with Crippen LogP contribution in [0.2, 0.25) is 0 Å². The van der Waals surface area contributed by atoms with E-state index in [2.05, 4.69) is 10.3 Å². The van der Waals surface area contributed by atoms with Crippen LogP contribution in [-0.2, 0) is 0 Å². The number of anilines is 1. The lowest BCUT2D eigenvalue weighted by atomic mass is 10.2. The van der Waals surface area contributed by atoms with Gasteiger partial charge in [-0.1, -0.05) is 0 Å². The van der Waals surface area contributed by atoms with Gasteiger partial charge in [0, 0.05) is 12.6 Å². The molecule has 2 rings (SSSR count). The average molecular weight is 237 g/mol. The van der Waals surface area contributed by atoms with Gasteiger partial charge in [0.2, 0.25) is 0 Å². The molecule has 7 heteroatoms. The van der Waals surface area contributed by atoms with Crippen molar-refractivity contribution in [1.29, 1.82) is 0 Å². The molecule has 0 saturated heterocycles. The van der Waals surface area contributed by atoms with Crippen LogP contribution in [0.25, 0.3) is 0 Å². The van der Waals surface area contributed by atoms with E-state index in [0.29, 0.717) is 12.5 Å². The molecule has 17 heavy (non-hydrogen) atoms. The molecule has 1 aromatic heterocycles. The summed E-state index contributed by atoms with van der Waals surface area (Å²) in [5.74, 6) is -0.469. The van der Waals surface area contributed by atoms with Crippen molar-refractivity contribution in [2.75, 3.05) is 11.9 Å². The van der Waals surface area contributed by atoms with E-state index in [1.807, 2.05) is 0 Å². The van der Waals surface area contributed by atoms with Gasteiger partial charge in [-0.2, -0.15) is 0 Å². The Balaban J connectivity index is 2.23. The van der Waals surface area contributed by atoms with Crippen molar-refractivity contribution in [2.45, 2.75) is 12.8 Å². The van der Waals surface area contributed by atoms with E-state index < -0.39 is 10.9 Å². The van der Waals surface area contributed by atoms with E-state index in [1.54, 1.807) is 0 Å². The Labute approximate surface area is 96.6 Å². The zero-order valence-electron chi connectivity index (χ0n) is 8.92. The second kappa shape index (κ2) is 4.36. The van der Waals surface area contributed by atoms with Gasteiger partial charge in [-0.25, -0.2) is 9.78 Å². The molecule has 0 atom stereocenters. The number of nitrogens with zero attached hydrogens (tertiary/aromatic N) is 2. The summed E-state index contributed by atoms with van der Waals surface area (Å²) in [6, 6.07) is 1.02. The molecule has 1 aromatic rings. The van der Waals surface area contributed by atoms with Gasteiger partial charge >= 0.3 is 5.97 Å². The molecule has 0 spiro atoms. The monoisotopic (exact) mass is 237 g/mol. The fourth-order valence-electron chi connectivity index (χ4n) is 1.42. The van der Waals surface area contributed by atoms with Crippen LogP contribution in [0.1, 0.15) is 23.2 Å². The number of nitro groups is 1. The maximum atomic E-state index is 11.0. The predicted octanol–water partition coefficient (Wildman–Crippen LogP) is 1.51. The van der Waals surface area contributed by atoms with E-state index in [9.17, 15) is 14.9 Å². The van der Waals surface area contributed by atoms with Crippen molar-refractivity contribution < 1.29 is 14.8 Å². The van der Waals surface area contributed by atoms with E-state index in [0.717, 1.165) is 25.1 Å². The van der Waals surface area contributed by atoms with Gasteiger partial charge in [-0.05, 0) is 18.8 Å². The number of aromatic carboxylic acids is 1. The van der Waals surface area contributed by atoms with Crippen LogP contribution in [0.4, 0.5) is 11.5 Å². The summed E-state index contributed by atoms with van der Waals surface area (Å²) in [5.41, 5.74) is -0.487. The van der Waals surface area contributed by atoms with Crippen LogP contribution >= 0.6 is 0 Å². The van der Waals surface area contributed by atoms with Crippen molar-refractivity contribution in [3.05, 3.63) is 27.9 Å². The van der Waals surface area contributed by atoms with Crippen molar-refractivity contribution in [2.24, 2.45) is 5.92 Å². The van der Waals surface area contributed by atoms with Crippen molar-refractivity contribution in [3.8, 4) is 0 Å². The molecule has 7 nitrogen and oxygen atoms in total. The smallest absolute Gasteiger partial charge is 0.339 e. The van der Waals surface area contributed by atoms with Gasteiger partial charge in [0.15, 0.2) is 0 Å². The third-order valence-electron chi connectivity index (χ3n) is 2.57. The molecule has 0 unspecified atom stereocenters. The minimum Gasteiger partial charge on any atom is -0.478 e. The topological polar surface area (TPSA) is 105 Å². The number of pyridine rings is 1. The SMILES string of the molecule is O=C(O)c1cc([N+](=O)[O-])cnc1NCC1CC1. The fraction of sp³-hybridized carbons (Fsp3) is 0.400. The highest BCUT2D eigenvalue weighted by atomic mass is 16.6. The Morgan fingerprint density at radius 3 is 2.88 bits per heavy atom. The minimum absolute atomic E-state index is 0.167. The Kier molecular flexibility index (Phi) is 2.90. The molecule has 0 aliphatic heterocycles. The second-order valence-electron chi connectivity index (χ2n) is 3.98. The minimum atomic E-state index is -1.22. The number of carboxylic acid groups (broad SMARTS) is 1. The number of rotatable bonds is 5. The molecule has 1 saturated carbocycles. The average Bonchev–Trinajstić information content (AvgIpc) is 3.09. The number of hydrogen-bond acceptors (Lipinski definition) is 5. The lowest BCUT2D eigenvalue weighted by Gasteiger charge is -2.07. The van der Waals surface area contributed by atoms with E-state index in [4.69, 9.17) is 5.11 Å². The summed E-state index contributed by atoms with van der Waals surface area (Å²) in [5, 5.41) is 22.4. The standard InChI is InChI=1S/C10H11N3O4/c14-10(15)8-3-7(13(16)17)5-12-9(8)11-4-6-1-2-6/h3,5-6H,1-2,4H2,(H,11,12)(H,14,15). The van der Waals surface area contributed by atoms with Gasteiger partial charge in [0.25, 0.3) is 5.69 Å². The lowest BCUT2D eigenvalue weighted by Crippen LogP contribution is -2.11. The van der Waals surface area contributed by atoms with E-state index in [-0.39, 0.29) is 17.1 Å². The number of aromatic nitrogens is 1. The normalized spacial score (nSPS) is 14.4. The zero-order valence-corrected chi connectivity index (χ0v) is 8.92. The van der Waals surface area contributed by atoms with Gasteiger partial charge in [0.1, 0.15) is 17.6 Å². The molecular formula is C10H11N3O4. The summed E-state index contributed by atoms with van der Waals surface area (Å²) in [6.07, 6.45) is 3.31. The molecule has 90 valence electrons. The summed E-state index contributed by atoms with van der Waals surface area (Å²) in [7, 11) is 0. The first-order chi connectivity index (χ1) is 8.08. The molecule has 0 radical (unpaired) electrons. The Morgan fingerprint density at radius 2 is 2.35 bits per heavy atom. The molecule has 1 fully saturated rings. The molecule has 0 bridgehead atoms. The van der Waals surface area contributed by atoms with Crippen LogP contribution < -0.4 is 5.32 Å². The van der Waals surface area contributed by atoms with Gasteiger partial charge in [-0.15, -0.1) is 0 Å². The van der Waals surface area contributed by atoms with Crippen LogP contribution in [0.15, 0.2) is 12.3 Å². The molecule has 0 amide bonds. The molecule has 1 heterocycles. The predicted molar refractivity (Wildman–Crippen MR) is 59.1 cm³/mol. The van der Waals surface area contributed by atoms with Gasteiger partial charge in [0.05, 0.1) is 4.92 Å². The lowest BCUT2D eigenvalue weighted by molar-refractivity contribution is -0.385. The second-order valence-corrected chi connectivity index (χ2v) is 3.98. The maximum Gasteiger partial charge on any atom is 0.339 e. The van der Waals surface area contributed by atoms with Crippen LogP contribution in [0.3, 0.4) is 0 Å². The molecule has 1 aliphatic carbocycles. The van der Waals surface area contributed by atoms with Crippen LogP contribution in [-0.4, -0.2) is 27.5 Å². The zero-order chi connectivity index (χ0) is 12.4. The molecule has 1 aliphatic rings. The summed E-state index contributed by atoms with van der Waals surface area (Å²) < 4.78 is 0. The van der Waals surface area contributed by atoms with E-state index >= 15 is 0 Å². The van der Waals surface area contributed by atoms with Gasteiger partial charge < -0.3 is 10.4 Å². The Bertz CT molecular complexity index is 471. The van der Waals surface area contributed by atoms with E-state index in [1.165, 1.54) is 0 Å². The first-order valence-corrected chi connectivity index (χ1v) is 5.19. The quantitative estimate of drug-likeness (QED) is 0.594. The van der Waals surface area contributed by atoms with Crippen molar-refractivity contribution in [1.82, 2.24) is 4.98 Å². The highest BCUT2D eigenvalue weighted by Crippen LogP contribution is 2.29. The van der Waals surface area contributed by atoms with Crippen molar-refractivity contribution >= 4 is 17.5 Å². The first-order valence-electron chi connectivity index (χ1n) is 5.19. The number of carboxylic acids is 1. The Morgan fingerprint density at radius 1 is 1.65 bits per heavy atom. The highest BCUT2D eigenvalue weighted by molar-refractivity contribution is 5.93. The van der Waals surface area contributed by atoms with Crippen LogP contribution in [0.5, 0.6) is 0 Å². The number of carbonyl (C=O) groups is 1. The number of hydrogen-bond donors (Lipinski definition) is 2. The van der Waals surface area contributed by atoms with Crippen LogP contribution in [0, 0.1) is 16.0 Å². The van der Waals surface area contributed by atoms with Crippen molar-refractivity contribution in [3.63, 3.8) is 0 Å². The molecule has 2 N–H and O–H groups in total. The first kappa shape index (κ1) is 11.3. The highest BCUT2D eigenvalue weighted by Gasteiger charge is 2.23. The number of nitrogens with one attached hydrogen (secondary N) is 1. The Hall–Kier alpha value is -2.18. The fourth-order valence-corrected chi connectivity index (χ4v) is 1.42. The summed E-state index contributed by atoms with van der Waals surface area (Å²) >= 11 is 0. The largest absolute Gasteiger partial charge is 0.478 e. The summed E-state index contributed by atoms with van der Waals surface area (Å²) in [6.45, 7) is 0.658.